The Morgan fingerprint density at radius 3 is 2.20 bits per heavy atom. The first-order chi connectivity index (χ1) is 14.0. The van der Waals surface area contributed by atoms with Crippen LogP contribution in [0, 0.1) is 29.1 Å². The van der Waals surface area contributed by atoms with Crippen LogP contribution in [0.1, 0.15) is 13.2 Å². The molecule has 9 nitrogen and oxygen atoms in total. The minimum atomic E-state index is -2.33. The highest BCUT2D eigenvalue weighted by Gasteiger charge is 2.53. The van der Waals surface area contributed by atoms with Crippen molar-refractivity contribution in [3.63, 3.8) is 0 Å². The molecule has 1 fully saturated rings. The average Bonchev–Trinajstić information content (AvgIpc) is 2.94. The van der Waals surface area contributed by atoms with E-state index in [9.17, 15) is 42.1 Å². The summed E-state index contributed by atoms with van der Waals surface area (Å²) in [4.78, 5) is 15.7. The Bertz CT molecular complexity index is 1000. The smallest absolute Gasteiger partial charge is 0.351 e. The topological polar surface area (TPSA) is 129 Å². The van der Waals surface area contributed by atoms with Gasteiger partial charge in [-0.2, -0.15) is 4.98 Å². The van der Waals surface area contributed by atoms with Crippen LogP contribution in [0.25, 0.3) is 0 Å². The second kappa shape index (κ2) is 7.79. The van der Waals surface area contributed by atoms with Crippen LogP contribution in [-0.2, 0) is 4.74 Å². The van der Waals surface area contributed by atoms with E-state index in [1.807, 2.05) is 5.43 Å². The fourth-order valence-corrected chi connectivity index (χ4v) is 2.89. The van der Waals surface area contributed by atoms with Crippen molar-refractivity contribution in [2.45, 2.75) is 31.0 Å². The number of hydrogen-bond acceptors (Lipinski definition) is 8. The Morgan fingerprint density at radius 1 is 1.13 bits per heavy atom. The van der Waals surface area contributed by atoms with E-state index in [1.165, 1.54) is 6.92 Å². The van der Waals surface area contributed by atoms with Crippen LogP contribution >= 0.6 is 0 Å². The molecule has 0 bridgehead atoms. The molecule has 14 heteroatoms. The van der Waals surface area contributed by atoms with Crippen molar-refractivity contribution >= 4 is 11.5 Å². The molecule has 2 heterocycles. The van der Waals surface area contributed by atoms with E-state index in [-0.39, 0.29) is 5.82 Å². The lowest BCUT2D eigenvalue weighted by atomic mass is 9.96. The number of hydrogen-bond donors (Lipinski definition) is 5. The van der Waals surface area contributed by atoms with Crippen LogP contribution in [-0.4, -0.2) is 49.3 Å². The van der Waals surface area contributed by atoms with Crippen molar-refractivity contribution < 1.29 is 42.0 Å². The second-order valence-corrected chi connectivity index (χ2v) is 6.58. The predicted molar refractivity (Wildman–Crippen MR) is 89.6 cm³/mol. The lowest BCUT2D eigenvalue weighted by Crippen LogP contribution is -2.46. The quantitative estimate of drug-likeness (QED) is 0.196. The number of nitrogens with zero attached hydrogens (tertiary/aromatic N) is 2. The van der Waals surface area contributed by atoms with E-state index in [2.05, 4.69) is 4.98 Å². The third-order valence-electron chi connectivity index (χ3n) is 4.54. The zero-order chi connectivity index (χ0) is 22.4. The lowest BCUT2D eigenvalue weighted by molar-refractivity contribution is -0.0986. The maximum atomic E-state index is 13.6. The van der Waals surface area contributed by atoms with Crippen molar-refractivity contribution in [2.75, 3.05) is 17.5 Å². The monoisotopic (exact) mass is 438 g/mol. The number of hydrazine groups is 1. The van der Waals surface area contributed by atoms with Crippen molar-refractivity contribution in [1.82, 2.24) is 9.55 Å². The molecular formula is C16H15F5N4O5. The third-order valence-corrected chi connectivity index (χ3v) is 4.54. The summed E-state index contributed by atoms with van der Waals surface area (Å²) in [5.41, 5.74) is -0.653. The molecule has 1 saturated heterocycles. The summed E-state index contributed by atoms with van der Waals surface area (Å²) in [6.07, 6.45) is -3.09. The summed E-state index contributed by atoms with van der Waals surface area (Å²) in [5.74, 6) is -11.3. The fraction of sp³-hybridized carbons (Fsp3) is 0.375. The molecule has 0 radical (unpaired) electrons. The molecule has 30 heavy (non-hydrogen) atoms. The normalized spacial score (nSPS) is 26.1. The molecule has 1 unspecified atom stereocenters. The standard InChI is InChI=1S/C16H15F5N4O5/c1-16(29)13(27)5(4-26)30-14(16)25-3-2-6(22-15(25)28)23-24-12-10(20)8(18)7(17)9(19)11(12)21/h2-3,5,13-14,24,26-27,29H,4H2,1H3,(H,22,23,28)/t5-,13-,14?,16-/m1/s1. The van der Waals surface area contributed by atoms with E-state index in [0.29, 0.717) is 0 Å². The highest BCUT2D eigenvalue weighted by Crippen LogP contribution is 2.37. The molecular weight excluding hydrogens is 423 g/mol. The van der Waals surface area contributed by atoms with E-state index >= 15 is 0 Å². The maximum Gasteiger partial charge on any atom is 0.351 e. The van der Waals surface area contributed by atoms with E-state index in [1.54, 1.807) is 5.43 Å². The summed E-state index contributed by atoms with van der Waals surface area (Å²) in [5, 5.41) is 29.5. The molecule has 2 aromatic rings. The van der Waals surface area contributed by atoms with Crippen LogP contribution in [0.15, 0.2) is 17.1 Å². The molecule has 0 saturated carbocycles. The largest absolute Gasteiger partial charge is 0.394 e. The number of halogens is 5. The van der Waals surface area contributed by atoms with Crippen LogP contribution in [0.2, 0.25) is 0 Å². The minimum Gasteiger partial charge on any atom is -0.394 e. The number of aliphatic hydroxyl groups is 3. The van der Waals surface area contributed by atoms with Gasteiger partial charge in [0.15, 0.2) is 35.3 Å². The van der Waals surface area contributed by atoms with E-state index in [0.717, 1.165) is 16.8 Å². The number of ether oxygens (including phenoxy) is 1. The Labute approximate surface area is 164 Å². The molecule has 3 rings (SSSR count). The molecule has 0 amide bonds. The molecule has 4 atom stereocenters. The molecule has 1 aliphatic rings. The number of benzene rings is 1. The first-order valence-electron chi connectivity index (χ1n) is 8.30. The van der Waals surface area contributed by atoms with E-state index in [4.69, 9.17) is 4.74 Å². The Balaban J connectivity index is 1.84. The van der Waals surface area contributed by atoms with Gasteiger partial charge in [-0.15, -0.1) is 0 Å². The van der Waals surface area contributed by atoms with Gasteiger partial charge in [0.25, 0.3) is 0 Å². The summed E-state index contributed by atoms with van der Waals surface area (Å²) in [6.45, 7) is 0.531. The Kier molecular flexibility index (Phi) is 5.68. The van der Waals surface area contributed by atoms with Gasteiger partial charge in [-0.1, -0.05) is 0 Å². The van der Waals surface area contributed by atoms with Gasteiger partial charge in [-0.3, -0.25) is 15.4 Å². The predicted octanol–water partition coefficient (Wildman–Crippen LogP) is 0.379. The van der Waals surface area contributed by atoms with Gasteiger partial charge in [0.2, 0.25) is 5.82 Å². The van der Waals surface area contributed by atoms with Crippen molar-refractivity contribution in [2.24, 2.45) is 0 Å². The number of rotatable bonds is 5. The zero-order valence-electron chi connectivity index (χ0n) is 15.0. The lowest BCUT2D eigenvalue weighted by Gasteiger charge is -2.27. The van der Waals surface area contributed by atoms with Gasteiger partial charge in [-0.25, -0.2) is 26.7 Å². The summed E-state index contributed by atoms with van der Waals surface area (Å²) >= 11 is 0. The van der Waals surface area contributed by atoms with Crippen molar-refractivity contribution in [3.05, 3.63) is 51.8 Å². The van der Waals surface area contributed by atoms with Crippen molar-refractivity contribution in [1.29, 1.82) is 0 Å². The van der Waals surface area contributed by atoms with Gasteiger partial charge in [0, 0.05) is 6.20 Å². The Morgan fingerprint density at radius 2 is 1.70 bits per heavy atom. The average molecular weight is 438 g/mol. The van der Waals surface area contributed by atoms with Crippen molar-refractivity contribution in [3.8, 4) is 0 Å². The second-order valence-electron chi connectivity index (χ2n) is 6.58. The van der Waals surface area contributed by atoms with Gasteiger partial charge in [0.05, 0.1) is 6.61 Å². The number of aromatic nitrogens is 2. The molecule has 1 aromatic carbocycles. The van der Waals surface area contributed by atoms with Gasteiger partial charge in [-0.05, 0) is 13.0 Å². The van der Waals surface area contributed by atoms with Gasteiger partial charge >= 0.3 is 5.69 Å². The molecule has 0 spiro atoms. The van der Waals surface area contributed by atoms with Crippen LogP contribution in [0.3, 0.4) is 0 Å². The highest BCUT2D eigenvalue weighted by atomic mass is 19.2. The number of anilines is 2. The SMILES string of the molecule is C[C@]1(O)C(n2ccc(NNc3c(F)c(F)c(F)c(F)c3F)nc2=O)O[C@H](CO)[C@H]1O. The summed E-state index contributed by atoms with van der Waals surface area (Å²) in [6, 6.07) is 1.05. The van der Waals surface area contributed by atoms with Gasteiger partial charge < -0.3 is 20.1 Å². The first-order valence-corrected chi connectivity index (χ1v) is 8.30. The van der Waals surface area contributed by atoms with E-state index < -0.39 is 71.1 Å². The third kappa shape index (κ3) is 3.47. The van der Waals surface area contributed by atoms with Gasteiger partial charge in [0.1, 0.15) is 23.5 Å². The number of nitrogens with one attached hydrogen (secondary N) is 2. The maximum absolute atomic E-state index is 13.6. The summed E-state index contributed by atoms with van der Waals surface area (Å²) < 4.78 is 72.8. The zero-order valence-corrected chi connectivity index (χ0v) is 15.0. The molecule has 164 valence electrons. The first kappa shape index (κ1) is 21.9. The molecule has 1 aromatic heterocycles. The summed E-state index contributed by atoms with van der Waals surface area (Å²) in [7, 11) is 0. The minimum absolute atomic E-state index is 0.378. The molecule has 5 N–H and O–H groups in total. The van der Waals surface area contributed by atoms with Crippen LogP contribution in [0.4, 0.5) is 33.5 Å². The van der Waals surface area contributed by atoms with Crippen LogP contribution < -0.4 is 16.5 Å². The van der Waals surface area contributed by atoms with Crippen LogP contribution in [0.5, 0.6) is 0 Å². The highest BCUT2D eigenvalue weighted by molar-refractivity contribution is 5.52. The molecule has 1 aliphatic heterocycles. The molecule has 0 aliphatic carbocycles. The fourth-order valence-electron chi connectivity index (χ4n) is 2.89. The number of aliphatic hydroxyl groups excluding tert-OH is 2. The Hall–Kier alpha value is -2.81.